The third-order valence-electron chi connectivity index (χ3n) is 6.19. The van der Waals surface area contributed by atoms with Crippen LogP contribution in [0.25, 0.3) is 10.8 Å². The number of fused-ring (bicyclic) bond motifs is 1. The van der Waals surface area contributed by atoms with Gasteiger partial charge in [-0.15, -0.1) is 0 Å². The quantitative estimate of drug-likeness (QED) is 0.120. The summed E-state index contributed by atoms with van der Waals surface area (Å²) in [6, 6.07) is 20.3. The second-order valence-electron chi connectivity index (χ2n) is 8.70. The molecule has 0 heterocycles. The number of ether oxygens (including phenoxy) is 5. The molecule has 4 aromatic rings. The van der Waals surface area contributed by atoms with Crippen LogP contribution < -0.4 is 34.4 Å². The van der Waals surface area contributed by atoms with Crippen LogP contribution in [0.5, 0.6) is 28.7 Å². The summed E-state index contributed by atoms with van der Waals surface area (Å²) in [6.45, 7) is -0.332. The Bertz CT molecular complexity index is 1650. The normalized spacial score (nSPS) is 10.7. The van der Waals surface area contributed by atoms with Gasteiger partial charge in [-0.05, 0) is 53.2 Å². The van der Waals surface area contributed by atoms with Gasteiger partial charge in [-0.1, -0.05) is 30.3 Å². The third-order valence-corrected chi connectivity index (χ3v) is 6.19. The van der Waals surface area contributed by atoms with Gasteiger partial charge in [-0.3, -0.25) is 9.59 Å². The third kappa shape index (κ3) is 6.76. The molecule has 0 spiro atoms. The maximum atomic E-state index is 13.0. The first kappa shape index (κ1) is 29.4. The molecule has 0 fully saturated rings. The SMILES string of the molecule is COc1ccc(C(=O)NCC(=O)N/N=C/c2c(OC(=O)c3ccc(OC)c(OC)c3)ccc3ccccc23)cc1OC. The second-order valence-corrected chi connectivity index (χ2v) is 8.70. The van der Waals surface area contributed by atoms with Gasteiger partial charge in [0.15, 0.2) is 23.0 Å². The van der Waals surface area contributed by atoms with E-state index in [1.807, 2.05) is 30.3 Å². The number of nitrogens with one attached hydrogen (secondary N) is 2. The number of carbonyl (C=O) groups excluding carboxylic acids is 3. The molecular formula is C31H29N3O8. The average Bonchev–Trinajstić information content (AvgIpc) is 3.03. The number of amides is 2. The summed E-state index contributed by atoms with van der Waals surface area (Å²) in [5, 5.41) is 8.19. The van der Waals surface area contributed by atoms with Gasteiger partial charge in [0.05, 0.1) is 46.8 Å². The topological polar surface area (TPSA) is 134 Å². The van der Waals surface area contributed by atoms with E-state index in [1.165, 1.54) is 46.8 Å². The van der Waals surface area contributed by atoms with Crippen LogP contribution in [0.4, 0.5) is 0 Å². The van der Waals surface area contributed by atoms with E-state index in [0.717, 1.165) is 10.8 Å². The smallest absolute Gasteiger partial charge is 0.343 e. The minimum absolute atomic E-state index is 0.230. The van der Waals surface area contributed by atoms with Crippen LogP contribution >= 0.6 is 0 Å². The molecule has 11 nitrogen and oxygen atoms in total. The molecule has 4 rings (SSSR count). The van der Waals surface area contributed by atoms with Crippen LogP contribution in [0.2, 0.25) is 0 Å². The van der Waals surface area contributed by atoms with Gasteiger partial charge in [0.25, 0.3) is 11.8 Å². The summed E-state index contributed by atoms with van der Waals surface area (Å²) in [5.74, 6) is 0.283. The van der Waals surface area contributed by atoms with Crippen molar-refractivity contribution in [2.24, 2.45) is 5.10 Å². The summed E-state index contributed by atoms with van der Waals surface area (Å²) in [7, 11) is 5.93. The predicted octanol–water partition coefficient (Wildman–Crippen LogP) is 3.97. The van der Waals surface area contributed by atoms with Gasteiger partial charge >= 0.3 is 5.97 Å². The van der Waals surface area contributed by atoms with Crippen molar-refractivity contribution in [1.29, 1.82) is 0 Å². The van der Waals surface area contributed by atoms with Crippen LogP contribution in [0.3, 0.4) is 0 Å². The first-order valence-corrected chi connectivity index (χ1v) is 12.7. The molecule has 0 bridgehead atoms. The number of rotatable bonds is 11. The molecule has 42 heavy (non-hydrogen) atoms. The molecule has 4 aromatic carbocycles. The van der Waals surface area contributed by atoms with Crippen molar-refractivity contribution in [1.82, 2.24) is 10.7 Å². The molecule has 0 aliphatic carbocycles. The van der Waals surface area contributed by atoms with Crippen molar-refractivity contribution in [3.05, 3.63) is 89.5 Å². The maximum Gasteiger partial charge on any atom is 0.343 e. The number of carbonyl (C=O) groups is 3. The summed E-state index contributed by atoms with van der Waals surface area (Å²) < 4.78 is 26.6. The number of methoxy groups -OCH3 is 4. The molecule has 2 amide bonds. The Balaban J connectivity index is 1.47. The first-order chi connectivity index (χ1) is 20.4. The number of hydrazone groups is 1. The van der Waals surface area contributed by atoms with Crippen molar-refractivity contribution in [2.45, 2.75) is 0 Å². The highest BCUT2D eigenvalue weighted by molar-refractivity contribution is 6.04. The van der Waals surface area contributed by atoms with Crippen LogP contribution in [-0.4, -0.2) is 59.0 Å². The summed E-state index contributed by atoms with van der Waals surface area (Å²) in [4.78, 5) is 37.9. The Labute approximate surface area is 242 Å². The summed E-state index contributed by atoms with van der Waals surface area (Å²) >= 11 is 0. The minimum atomic E-state index is -0.622. The largest absolute Gasteiger partial charge is 0.493 e. The minimum Gasteiger partial charge on any atom is -0.493 e. The highest BCUT2D eigenvalue weighted by Crippen LogP contribution is 2.30. The fourth-order valence-electron chi connectivity index (χ4n) is 4.07. The number of hydrogen-bond acceptors (Lipinski definition) is 9. The van der Waals surface area contributed by atoms with Gasteiger partial charge in [0.1, 0.15) is 5.75 Å². The predicted molar refractivity (Wildman–Crippen MR) is 156 cm³/mol. The number of nitrogens with zero attached hydrogens (tertiary/aromatic N) is 1. The summed E-state index contributed by atoms with van der Waals surface area (Å²) in [5.41, 5.74) is 3.40. The molecular weight excluding hydrogens is 542 g/mol. The van der Waals surface area contributed by atoms with Gasteiger partial charge in [-0.25, -0.2) is 10.2 Å². The van der Waals surface area contributed by atoms with E-state index in [9.17, 15) is 14.4 Å². The van der Waals surface area contributed by atoms with E-state index in [4.69, 9.17) is 23.7 Å². The number of hydrogen-bond donors (Lipinski definition) is 2. The molecule has 0 saturated carbocycles. The Morgan fingerprint density at radius 3 is 1.98 bits per heavy atom. The molecule has 0 unspecified atom stereocenters. The molecule has 0 aliphatic rings. The number of benzene rings is 4. The fourth-order valence-corrected chi connectivity index (χ4v) is 4.07. The van der Waals surface area contributed by atoms with Gasteiger partial charge in [-0.2, -0.15) is 5.10 Å². The van der Waals surface area contributed by atoms with Crippen molar-refractivity contribution >= 4 is 34.8 Å². The zero-order valence-corrected chi connectivity index (χ0v) is 23.4. The van der Waals surface area contributed by atoms with Gasteiger partial charge in [0.2, 0.25) is 0 Å². The molecule has 0 saturated heterocycles. The monoisotopic (exact) mass is 571 g/mol. The lowest BCUT2D eigenvalue weighted by Crippen LogP contribution is -2.34. The number of esters is 1. The molecule has 0 radical (unpaired) electrons. The Morgan fingerprint density at radius 2 is 1.31 bits per heavy atom. The van der Waals surface area contributed by atoms with Crippen molar-refractivity contribution in [3.63, 3.8) is 0 Å². The second kappa shape index (κ2) is 13.7. The van der Waals surface area contributed by atoms with E-state index in [-0.39, 0.29) is 17.9 Å². The molecule has 0 aliphatic heterocycles. The Morgan fingerprint density at radius 1 is 0.714 bits per heavy atom. The maximum absolute atomic E-state index is 13.0. The molecule has 0 atom stereocenters. The zero-order valence-electron chi connectivity index (χ0n) is 23.4. The first-order valence-electron chi connectivity index (χ1n) is 12.7. The van der Waals surface area contributed by atoms with Crippen LogP contribution in [-0.2, 0) is 4.79 Å². The lowest BCUT2D eigenvalue weighted by molar-refractivity contribution is -0.120. The van der Waals surface area contributed by atoms with Crippen molar-refractivity contribution < 1.29 is 38.1 Å². The van der Waals surface area contributed by atoms with Crippen molar-refractivity contribution in [2.75, 3.05) is 35.0 Å². The lowest BCUT2D eigenvalue weighted by atomic mass is 10.0. The van der Waals surface area contributed by atoms with E-state index in [2.05, 4.69) is 15.8 Å². The van der Waals surface area contributed by atoms with Crippen molar-refractivity contribution in [3.8, 4) is 28.7 Å². The summed E-state index contributed by atoms with van der Waals surface area (Å²) in [6.07, 6.45) is 1.38. The highest BCUT2D eigenvalue weighted by Gasteiger charge is 2.16. The molecule has 0 aromatic heterocycles. The molecule has 11 heteroatoms. The molecule has 216 valence electrons. The van der Waals surface area contributed by atoms with Gasteiger partial charge < -0.3 is 29.0 Å². The van der Waals surface area contributed by atoms with E-state index in [0.29, 0.717) is 34.1 Å². The average molecular weight is 572 g/mol. The van der Waals surface area contributed by atoms with E-state index >= 15 is 0 Å². The Hall–Kier alpha value is -5.58. The van der Waals surface area contributed by atoms with Crippen LogP contribution in [0.1, 0.15) is 26.3 Å². The molecule has 2 N–H and O–H groups in total. The fraction of sp³-hybridized carbons (Fsp3) is 0.161. The van der Waals surface area contributed by atoms with E-state index < -0.39 is 17.8 Å². The Kier molecular flexibility index (Phi) is 9.57. The standard InChI is InChI=1S/C31H29N3O8/c1-38-25-13-10-20(15-27(25)40-3)30(36)32-18-29(35)34-33-17-23-22-8-6-5-7-19(22)9-12-24(23)42-31(37)21-11-14-26(39-2)28(16-21)41-4/h5-17H,18H2,1-4H3,(H,32,36)(H,34,35)/b33-17+. The van der Waals surface area contributed by atoms with E-state index in [1.54, 1.807) is 30.3 Å². The van der Waals surface area contributed by atoms with Gasteiger partial charge in [0, 0.05) is 11.1 Å². The van der Waals surface area contributed by atoms with Crippen LogP contribution in [0.15, 0.2) is 77.9 Å². The van der Waals surface area contributed by atoms with Crippen LogP contribution in [0, 0.1) is 0 Å². The zero-order chi connectivity index (χ0) is 30.1. The highest BCUT2D eigenvalue weighted by atomic mass is 16.5. The lowest BCUT2D eigenvalue weighted by Gasteiger charge is -2.12.